The Morgan fingerprint density at radius 3 is 2.35 bits per heavy atom. The summed E-state index contributed by atoms with van der Waals surface area (Å²) in [6.45, 7) is 5.15. The minimum Gasteiger partial charge on any atom is -0.343 e. The molecule has 3 rings (SSSR count). The molecular weight excluding hydrogens is 286 g/mol. The SMILES string of the molecule is NCC1(CC(=O)N2CCCC(N3CCCC3)CC2)CCCCC1. The van der Waals surface area contributed by atoms with E-state index in [1.54, 1.807) is 0 Å². The molecule has 3 aliphatic rings. The molecule has 1 atom stereocenters. The van der Waals surface area contributed by atoms with E-state index in [9.17, 15) is 4.79 Å². The Kier molecular flexibility index (Phi) is 5.97. The Morgan fingerprint density at radius 1 is 0.913 bits per heavy atom. The third kappa shape index (κ3) is 4.27. The van der Waals surface area contributed by atoms with E-state index >= 15 is 0 Å². The van der Waals surface area contributed by atoms with Gasteiger partial charge in [0.1, 0.15) is 0 Å². The van der Waals surface area contributed by atoms with Crippen LogP contribution in [0.15, 0.2) is 0 Å². The molecule has 2 heterocycles. The van der Waals surface area contributed by atoms with Crippen LogP contribution >= 0.6 is 0 Å². The maximum Gasteiger partial charge on any atom is 0.223 e. The van der Waals surface area contributed by atoms with Crippen LogP contribution in [-0.2, 0) is 4.79 Å². The van der Waals surface area contributed by atoms with E-state index in [1.807, 2.05) is 0 Å². The van der Waals surface area contributed by atoms with E-state index in [1.165, 1.54) is 64.5 Å². The maximum atomic E-state index is 12.9. The third-order valence-electron chi connectivity index (χ3n) is 6.58. The Bertz CT molecular complexity index is 386. The lowest BCUT2D eigenvalue weighted by Gasteiger charge is -2.37. The molecule has 1 amide bonds. The summed E-state index contributed by atoms with van der Waals surface area (Å²) in [5, 5.41) is 0. The van der Waals surface area contributed by atoms with Crippen molar-refractivity contribution in [2.24, 2.45) is 11.1 Å². The van der Waals surface area contributed by atoms with Gasteiger partial charge >= 0.3 is 0 Å². The average molecular weight is 322 g/mol. The number of rotatable bonds is 4. The van der Waals surface area contributed by atoms with Gasteiger partial charge in [-0.1, -0.05) is 19.3 Å². The van der Waals surface area contributed by atoms with Crippen LogP contribution < -0.4 is 5.73 Å². The van der Waals surface area contributed by atoms with Crippen molar-refractivity contribution in [3.05, 3.63) is 0 Å². The normalized spacial score (nSPS) is 29.4. The molecule has 2 N–H and O–H groups in total. The molecule has 0 aromatic heterocycles. The molecule has 0 spiro atoms. The van der Waals surface area contributed by atoms with Gasteiger partial charge in [-0.25, -0.2) is 0 Å². The molecule has 2 aliphatic heterocycles. The minimum absolute atomic E-state index is 0.107. The number of hydrogen-bond acceptors (Lipinski definition) is 3. The summed E-state index contributed by atoms with van der Waals surface area (Å²) >= 11 is 0. The largest absolute Gasteiger partial charge is 0.343 e. The lowest BCUT2D eigenvalue weighted by molar-refractivity contribution is -0.134. The van der Waals surface area contributed by atoms with Crippen molar-refractivity contribution >= 4 is 5.91 Å². The number of nitrogens with two attached hydrogens (primary N) is 1. The number of nitrogens with zero attached hydrogens (tertiary/aromatic N) is 2. The Balaban J connectivity index is 1.53. The predicted molar refractivity (Wildman–Crippen MR) is 94.2 cm³/mol. The first-order chi connectivity index (χ1) is 11.2. The van der Waals surface area contributed by atoms with Gasteiger partial charge in [-0.15, -0.1) is 0 Å². The van der Waals surface area contributed by atoms with Gasteiger partial charge in [-0.3, -0.25) is 4.79 Å². The summed E-state index contributed by atoms with van der Waals surface area (Å²) in [7, 11) is 0. The van der Waals surface area contributed by atoms with Crippen LogP contribution in [0.4, 0.5) is 0 Å². The van der Waals surface area contributed by atoms with Crippen LogP contribution in [0.1, 0.15) is 70.6 Å². The van der Waals surface area contributed by atoms with Gasteiger partial charge in [0.15, 0.2) is 0 Å². The quantitative estimate of drug-likeness (QED) is 0.866. The van der Waals surface area contributed by atoms with Crippen LogP contribution in [0.2, 0.25) is 0 Å². The Hall–Kier alpha value is -0.610. The summed E-state index contributed by atoms with van der Waals surface area (Å²) in [5.74, 6) is 0.374. The molecule has 1 unspecified atom stereocenters. The molecule has 1 saturated carbocycles. The summed E-state index contributed by atoms with van der Waals surface area (Å²) in [6.07, 6.45) is 13.1. The first kappa shape index (κ1) is 17.2. The van der Waals surface area contributed by atoms with Crippen LogP contribution in [0.25, 0.3) is 0 Å². The minimum atomic E-state index is 0.107. The van der Waals surface area contributed by atoms with Gasteiger partial charge in [-0.05, 0) is 70.0 Å². The lowest BCUT2D eigenvalue weighted by atomic mass is 9.71. The molecule has 3 fully saturated rings. The molecule has 2 saturated heterocycles. The highest BCUT2D eigenvalue weighted by molar-refractivity contribution is 5.77. The van der Waals surface area contributed by atoms with Crippen LogP contribution in [0.3, 0.4) is 0 Å². The third-order valence-corrected chi connectivity index (χ3v) is 6.58. The van der Waals surface area contributed by atoms with Gasteiger partial charge in [0.25, 0.3) is 0 Å². The van der Waals surface area contributed by atoms with E-state index in [0.29, 0.717) is 24.9 Å². The molecule has 1 aliphatic carbocycles. The second kappa shape index (κ2) is 7.98. The Labute approximate surface area is 141 Å². The molecule has 0 aromatic rings. The van der Waals surface area contributed by atoms with Crippen molar-refractivity contribution in [2.75, 3.05) is 32.7 Å². The zero-order valence-corrected chi connectivity index (χ0v) is 14.8. The summed E-state index contributed by atoms with van der Waals surface area (Å²) < 4.78 is 0. The van der Waals surface area contributed by atoms with Crippen LogP contribution in [-0.4, -0.2) is 54.5 Å². The Morgan fingerprint density at radius 2 is 1.65 bits per heavy atom. The standard InChI is InChI=1S/C19H35N3O/c20-16-19(9-2-1-3-10-19)15-18(23)22-13-6-7-17(8-14-22)21-11-4-5-12-21/h17H,1-16,20H2. The van der Waals surface area contributed by atoms with E-state index in [0.717, 1.165) is 25.9 Å². The predicted octanol–water partition coefficient (Wildman–Crippen LogP) is 2.76. The topological polar surface area (TPSA) is 49.6 Å². The number of carbonyl (C=O) groups is 1. The van der Waals surface area contributed by atoms with Crippen molar-refractivity contribution in [3.8, 4) is 0 Å². The molecule has 4 heteroatoms. The van der Waals surface area contributed by atoms with Crippen molar-refractivity contribution in [2.45, 2.75) is 76.7 Å². The molecule has 0 aromatic carbocycles. The molecule has 4 nitrogen and oxygen atoms in total. The molecule has 0 bridgehead atoms. The molecule has 132 valence electrons. The smallest absolute Gasteiger partial charge is 0.223 e. The summed E-state index contributed by atoms with van der Waals surface area (Å²) in [4.78, 5) is 17.7. The number of likely N-dealkylation sites (tertiary alicyclic amines) is 2. The fourth-order valence-corrected chi connectivity index (χ4v) is 4.99. The van der Waals surface area contributed by atoms with Gasteiger partial charge < -0.3 is 15.5 Å². The van der Waals surface area contributed by atoms with Crippen LogP contribution in [0.5, 0.6) is 0 Å². The monoisotopic (exact) mass is 321 g/mol. The zero-order chi connectivity index (χ0) is 16.1. The van der Waals surface area contributed by atoms with Gasteiger partial charge in [-0.2, -0.15) is 0 Å². The van der Waals surface area contributed by atoms with Crippen molar-refractivity contribution in [3.63, 3.8) is 0 Å². The second-order valence-electron chi connectivity index (χ2n) is 8.15. The summed E-state index contributed by atoms with van der Waals surface area (Å²) in [5.41, 5.74) is 6.18. The van der Waals surface area contributed by atoms with Gasteiger partial charge in [0.2, 0.25) is 5.91 Å². The zero-order valence-electron chi connectivity index (χ0n) is 14.8. The average Bonchev–Trinajstić information content (AvgIpc) is 3.00. The highest BCUT2D eigenvalue weighted by atomic mass is 16.2. The highest BCUT2D eigenvalue weighted by Gasteiger charge is 2.35. The number of carbonyl (C=O) groups excluding carboxylic acids is 1. The fourth-order valence-electron chi connectivity index (χ4n) is 4.99. The van der Waals surface area contributed by atoms with Crippen molar-refractivity contribution in [1.82, 2.24) is 9.80 Å². The van der Waals surface area contributed by atoms with Crippen LogP contribution in [0, 0.1) is 5.41 Å². The van der Waals surface area contributed by atoms with E-state index in [4.69, 9.17) is 5.73 Å². The molecule has 23 heavy (non-hydrogen) atoms. The number of amides is 1. The lowest BCUT2D eigenvalue weighted by Crippen LogP contribution is -2.41. The van der Waals surface area contributed by atoms with E-state index in [2.05, 4.69) is 9.80 Å². The fraction of sp³-hybridized carbons (Fsp3) is 0.947. The molecular formula is C19H35N3O. The number of hydrogen-bond donors (Lipinski definition) is 1. The molecule has 0 radical (unpaired) electrons. The second-order valence-corrected chi connectivity index (χ2v) is 8.15. The van der Waals surface area contributed by atoms with Gasteiger partial charge in [0, 0.05) is 25.6 Å². The first-order valence-electron chi connectivity index (χ1n) is 9.94. The van der Waals surface area contributed by atoms with Crippen molar-refractivity contribution in [1.29, 1.82) is 0 Å². The van der Waals surface area contributed by atoms with Gasteiger partial charge in [0.05, 0.1) is 0 Å². The van der Waals surface area contributed by atoms with Crippen molar-refractivity contribution < 1.29 is 4.79 Å². The highest BCUT2D eigenvalue weighted by Crippen LogP contribution is 2.39. The first-order valence-corrected chi connectivity index (χ1v) is 9.94. The summed E-state index contributed by atoms with van der Waals surface area (Å²) in [6, 6.07) is 0.716. The van der Waals surface area contributed by atoms with E-state index < -0.39 is 0 Å². The van der Waals surface area contributed by atoms with E-state index in [-0.39, 0.29) is 5.41 Å². The maximum absolute atomic E-state index is 12.9.